The summed E-state index contributed by atoms with van der Waals surface area (Å²) < 4.78 is 4.70. The van der Waals surface area contributed by atoms with Crippen molar-refractivity contribution in [2.45, 2.75) is 63.3 Å². The van der Waals surface area contributed by atoms with E-state index < -0.39 is 10.7 Å². The summed E-state index contributed by atoms with van der Waals surface area (Å²) in [5.41, 5.74) is 4.03. The molecule has 186 valence electrons. The van der Waals surface area contributed by atoms with E-state index in [2.05, 4.69) is 5.32 Å². The Bertz CT molecular complexity index is 1120. The van der Waals surface area contributed by atoms with Gasteiger partial charge in [-0.1, -0.05) is 43.7 Å². The number of hydrogen-bond donors (Lipinski definition) is 2. The molecule has 0 fully saturated rings. The van der Waals surface area contributed by atoms with Crippen LogP contribution in [0.15, 0.2) is 70.2 Å². The molecule has 2 aromatic carbocycles. The molecule has 0 saturated carbocycles. The first-order valence-electron chi connectivity index (χ1n) is 11.9. The molecule has 0 saturated heterocycles. The third-order valence-electron chi connectivity index (χ3n) is 6.16. The molecule has 2 N–H and O–H groups in total. The molecule has 0 radical (unpaired) electrons. The molecule has 0 bridgehead atoms. The van der Waals surface area contributed by atoms with Gasteiger partial charge in [0, 0.05) is 17.1 Å². The zero-order chi connectivity index (χ0) is 25.4. The summed E-state index contributed by atoms with van der Waals surface area (Å²) in [6.45, 7) is 9.09. The molecule has 0 atom stereocenters. The number of nitrogens with one attached hydrogen (secondary N) is 1. The van der Waals surface area contributed by atoms with E-state index in [0.29, 0.717) is 25.9 Å². The van der Waals surface area contributed by atoms with Crippen molar-refractivity contribution in [1.82, 2.24) is 4.90 Å². The zero-order valence-corrected chi connectivity index (χ0v) is 21.7. The largest absolute Gasteiger partial charge is 0.480 e. The van der Waals surface area contributed by atoms with E-state index in [9.17, 15) is 14.7 Å². The van der Waals surface area contributed by atoms with Gasteiger partial charge in [0.15, 0.2) is 0 Å². The van der Waals surface area contributed by atoms with Crippen molar-refractivity contribution in [3.63, 3.8) is 0 Å². The predicted molar refractivity (Wildman–Crippen MR) is 141 cm³/mol. The summed E-state index contributed by atoms with van der Waals surface area (Å²) in [6, 6.07) is 17.6. The molecule has 0 unspecified atom stereocenters. The maximum absolute atomic E-state index is 12.9. The first kappa shape index (κ1) is 26.6. The van der Waals surface area contributed by atoms with Crippen LogP contribution in [-0.2, 0) is 22.7 Å². The topological polar surface area (TPSA) is 82.8 Å². The minimum absolute atomic E-state index is 0.0900. The number of aliphatic carboxylic acids is 1. The summed E-state index contributed by atoms with van der Waals surface area (Å²) in [4.78, 5) is 27.7. The van der Waals surface area contributed by atoms with Crippen molar-refractivity contribution in [2.75, 3.05) is 11.9 Å². The van der Waals surface area contributed by atoms with Crippen LogP contribution in [0.2, 0.25) is 0 Å². The first-order chi connectivity index (χ1) is 16.7. The Hall–Kier alpha value is -3.03. The highest BCUT2D eigenvalue weighted by molar-refractivity contribution is 8.01. The van der Waals surface area contributed by atoms with Crippen LogP contribution in [0.1, 0.15) is 49.1 Å². The van der Waals surface area contributed by atoms with Gasteiger partial charge < -0.3 is 14.8 Å². The number of benzene rings is 2. The van der Waals surface area contributed by atoms with Crippen LogP contribution in [0.3, 0.4) is 0 Å². The smallest absolute Gasteiger partial charge is 0.320 e. The molecular formula is C28H34N2O4S. The van der Waals surface area contributed by atoms with Gasteiger partial charge in [0.05, 0.1) is 19.4 Å². The van der Waals surface area contributed by atoms with Crippen molar-refractivity contribution in [1.29, 1.82) is 0 Å². The molecule has 0 aliphatic rings. The van der Waals surface area contributed by atoms with Crippen LogP contribution in [-0.4, -0.2) is 33.2 Å². The lowest BCUT2D eigenvalue weighted by molar-refractivity contribution is -0.140. The number of carboxylic acids is 1. The summed E-state index contributed by atoms with van der Waals surface area (Å²) in [5, 5.41) is 12.7. The van der Waals surface area contributed by atoms with Gasteiger partial charge in [-0.2, -0.15) is 0 Å². The highest BCUT2D eigenvalue weighted by Crippen LogP contribution is 2.38. The van der Waals surface area contributed by atoms with Gasteiger partial charge in [-0.05, 0) is 68.1 Å². The highest BCUT2D eigenvalue weighted by atomic mass is 32.2. The summed E-state index contributed by atoms with van der Waals surface area (Å²) in [6.07, 6.45) is 2.74. The van der Waals surface area contributed by atoms with Crippen LogP contribution < -0.4 is 5.32 Å². The molecule has 1 heterocycles. The molecule has 35 heavy (non-hydrogen) atoms. The lowest BCUT2D eigenvalue weighted by Gasteiger charge is -2.26. The van der Waals surface area contributed by atoms with Crippen molar-refractivity contribution < 1.29 is 19.1 Å². The van der Waals surface area contributed by atoms with Gasteiger partial charge in [0.2, 0.25) is 5.91 Å². The highest BCUT2D eigenvalue weighted by Gasteiger charge is 2.36. The maximum atomic E-state index is 12.9. The standard InChI is InChI=1S/C28H34N2O4S/c1-5-28(6-2,27(32)33)35-24-12-10-22(11-13-24)17-30(18-23-8-7-15-34-23)19-26(31)29-25-14-9-20(3)16-21(25)4/h7-16H,5-6,17-19H2,1-4H3,(H,29,31)(H,32,33). The maximum Gasteiger partial charge on any atom is 0.320 e. The van der Waals surface area contributed by atoms with Crippen LogP contribution in [0, 0.1) is 13.8 Å². The second-order valence-electron chi connectivity index (χ2n) is 8.84. The Morgan fingerprint density at radius 1 is 1.03 bits per heavy atom. The van der Waals surface area contributed by atoms with Gasteiger partial charge in [0.1, 0.15) is 10.5 Å². The van der Waals surface area contributed by atoms with Crippen LogP contribution >= 0.6 is 11.8 Å². The van der Waals surface area contributed by atoms with Crippen LogP contribution in [0.5, 0.6) is 0 Å². The van der Waals surface area contributed by atoms with Crippen molar-refractivity contribution in [3.8, 4) is 0 Å². The fraction of sp³-hybridized carbons (Fsp3) is 0.357. The van der Waals surface area contributed by atoms with E-state index in [-0.39, 0.29) is 12.5 Å². The lowest BCUT2D eigenvalue weighted by Crippen LogP contribution is -2.33. The van der Waals surface area contributed by atoms with E-state index in [1.807, 2.05) is 87.2 Å². The minimum atomic E-state index is -0.820. The Kier molecular flexibility index (Phi) is 9.18. The van der Waals surface area contributed by atoms with E-state index in [1.54, 1.807) is 6.26 Å². The summed E-state index contributed by atoms with van der Waals surface area (Å²) in [7, 11) is 0. The molecule has 3 rings (SSSR count). The number of nitrogens with zero attached hydrogens (tertiary/aromatic N) is 1. The molecule has 3 aromatic rings. The number of hydrogen-bond acceptors (Lipinski definition) is 5. The quantitative estimate of drug-likeness (QED) is 0.289. The molecule has 0 aliphatic heterocycles. The SMILES string of the molecule is CCC(CC)(Sc1ccc(CN(CC(=O)Nc2ccc(C)cc2C)Cc2ccco2)cc1)C(=O)O. The number of amides is 1. The number of carbonyl (C=O) groups excluding carboxylic acids is 1. The Morgan fingerprint density at radius 2 is 1.74 bits per heavy atom. The number of carboxylic acid groups (broad SMARTS) is 1. The Balaban J connectivity index is 1.70. The Labute approximate surface area is 211 Å². The third-order valence-corrected chi connectivity index (χ3v) is 7.81. The third kappa shape index (κ3) is 7.23. The van der Waals surface area contributed by atoms with Crippen molar-refractivity contribution >= 4 is 29.3 Å². The van der Waals surface area contributed by atoms with Gasteiger partial charge in [-0.3, -0.25) is 14.5 Å². The van der Waals surface area contributed by atoms with Gasteiger partial charge in [0.25, 0.3) is 0 Å². The van der Waals surface area contributed by atoms with E-state index >= 15 is 0 Å². The second kappa shape index (κ2) is 12.1. The fourth-order valence-electron chi connectivity index (χ4n) is 4.02. The zero-order valence-electron chi connectivity index (χ0n) is 20.8. The molecule has 7 heteroatoms. The van der Waals surface area contributed by atoms with Crippen LogP contribution in [0.25, 0.3) is 0 Å². The number of rotatable bonds is 12. The number of furan rings is 1. The van der Waals surface area contributed by atoms with Gasteiger partial charge in [-0.25, -0.2) is 0 Å². The molecule has 0 spiro atoms. The lowest BCUT2D eigenvalue weighted by atomic mass is 10.0. The van der Waals surface area contributed by atoms with Crippen molar-refractivity contribution in [2.24, 2.45) is 0 Å². The van der Waals surface area contributed by atoms with Gasteiger partial charge >= 0.3 is 5.97 Å². The number of carbonyl (C=O) groups is 2. The average Bonchev–Trinajstić information content (AvgIpc) is 3.33. The van der Waals surface area contributed by atoms with Crippen molar-refractivity contribution in [3.05, 3.63) is 83.3 Å². The number of anilines is 1. The molecule has 1 aromatic heterocycles. The average molecular weight is 495 g/mol. The predicted octanol–water partition coefficient (Wildman–Crippen LogP) is 6.27. The van der Waals surface area contributed by atoms with E-state index in [4.69, 9.17) is 4.42 Å². The molecule has 1 amide bonds. The minimum Gasteiger partial charge on any atom is -0.480 e. The second-order valence-corrected chi connectivity index (χ2v) is 10.3. The molecule has 6 nitrogen and oxygen atoms in total. The van der Waals surface area contributed by atoms with Crippen LogP contribution in [0.4, 0.5) is 5.69 Å². The number of thioether (sulfide) groups is 1. The fourth-order valence-corrected chi connectivity index (χ4v) is 5.12. The first-order valence-corrected chi connectivity index (χ1v) is 12.7. The normalized spacial score (nSPS) is 11.6. The van der Waals surface area contributed by atoms with E-state index in [0.717, 1.165) is 33.0 Å². The summed E-state index contributed by atoms with van der Waals surface area (Å²) >= 11 is 1.40. The molecule has 0 aliphatic carbocycles. The summed E-state index contributed by atoms with van der Waals surface area (Å²) in [5.74, 6) is -0.0857. The van der Waals surface area contributed by atoms with E-state index in [1.165, 1.54) is 11.8 Å². The van der Waals surface area contributed by atoms with Gasteiger partial charge in [-0.15, -0.1) is 11.8 Å². The monoisotopic (exact) mass is 494 g/mol. The molecular weight excluding hydrogens is 460 g/mol. The number of aryl methyl sites for hydroxylation is 2. The Morgan fingerprint density at radius 3 is 2.31 bits per heavy atom.